The van der Waals surface area contributed by atoms with E-state index in [0.717, 1.165) is 0 Å². The molecule has 0 aliphatic heterocycles. The van der Waals surface area contributed by atoms with Crippen molar-refractivity contribution in [2.45, 2.75) is 6.92 Å². The van der Waals surface area contributed by atoms with Gasteiger partial charge in [0, 0.05) is 5.69 Å². The van der Waals surface area contributed by atoms with Gasteiger partial charge in [-0.1, -0.05) is 5.10 Å². The summed E-state index contributed by atoms with van der Waals surface area (Å²) < 4.78 is 0. The number of tetrazole rings is 1. The highest BCUT2D eigenvalue weighted by Gasteiger charge is 2.10. The molecule has 104 valence electrons. The van der Waals surface area contributed by atoms with Crippen LogP contribution in [0.15, 0.2) is 18.2 Å². The lowest BCUT2D eigenvalue weighted by Gasteiger charge is -2.07. The SMILES string of the molecule is Cc1cc(NC(=O)Nc2nnn(C)n2)ccc1C(=O)O. The van der Waals surface area contributed by atoms with Crippen molar-refractivity contribution < 1.29 is 14.7 Å². The molecule has 2 aromatic rings. The van der Waals surface area contributed by atoms with Crippen LogP contribution in [0.5, 0.6) is 0 Å². The fourth-order valence-electron chi connectivity index (χ4n) is 1.58. The first-order chi connectivity index (χ1) is 9.45. The van der Waals surface area contributed by atoms with Crippen molar-refractivity contribution in [3.63, 3.8) is 0 Å². The van der Waals surface area contributed by atoms with Gasteiger partial charge in [0.05, 0.1) is 12.6 Å². The first kappa shape index (κ1) is 13.5. The van der Waals surface area contributed by atoms with Gasteiger partial charge >= 0.3 is 12.0 Å². The molecule has 0 aliphatic rings. The molecule has 1 heterocycles. The minimum atomic E-state index is -1.01. The molecule has 0 fully saturated rings. The topological polar surface area (TPSA) is 122 Å². The third kappa shape index (κ3) is 3.07. The molecule has 0 spiro atoms. The molecular formula is C11H12N6O3. The minimum absolute atomic E-state index is 0.0730. The predicted octanol–water partition coefficient (Wildman–Crippen LogP) is 0.861. The Kier molecular flexibility index (Phi) is 3.60. The quantitative estimate of drug-likeness (QED) is 0.764. The largest absolute Gasteiger partial charge is 0.478 e. The van der Waals surface area contributed by atoms with Crippen molar-refractivity contribution in [3.8, 4) is 0 Å². The van der Waals surface area contributed by atoms with Gasteiger partial charge in [-0.15, -0.1) is 5.10 Å². The second kappa shape index (κ2) is 5.34. The van der Waals surface area contributed by atoms with Crippen molar-refractivity contribution in [2.24, 2.45) is 7.05 Å². The fourth-order valence-corrected chi connectivity index (χ4v) is 1.58. The first-order valence-corrected chi connectivity index (χ1v) is 5.61. The van der Waals surface area contributed by atoms with Crippen LogP contribution in [0.4, 0.5) is 16.4 Å². The molecule has 1 aromatic carbocycles. The van der Waals surface area contributed by atoms with E-state index < -0.39 is 12.0 Å². The van der Waals surface area contributed by atoms with Gasteiger partial charge in [0.25, 0.3) is 5.95 Å². The average Bonchev–Trinajstić information content (AvgIpc) is 2.74. The molecular weight excluding hydrogens is 264 g/mol. The van der Waals surface area contributed by atoms with Crippen LogP contribution in [0.3, 0.4) is 0 Å². The summed E-state index contributed by atoms with van der Waals surface area (Å²) in [7, 11) is 1.57. The molecule has 0 aliphatic carbocycles. The number of hydrogen-bond acceptors (Lipinski definition) is 5. The van der Waals surface area contributed by atoms with Gasteiger partial charge in [-0.05, 0) is 35.9 Å². The number of benzene rings is 1. The summed E-state index contributed by atoms with van der Waals surface area (Å²) in [6, 6.07) is 3.95. The second-order valence-corrected chi connectivity index (χ2v) is 4.02. The van der Waals surface area contributed by atoms with E-state index in [1.54, 1.807) is 20.0 Å². The Morgan fingerprint density at radius 1 is 1.30 bits per heavy atom. The smallest absolute Gasteiger partial charge is 0.335 e. The Morgan fingerprint density at radius 2 is 2.05 bits per heavy atom. The maximum absolute atomic E-state index is 11.7. The zero-order valence-corrected chi connectivity index (χ0v) is 10.8. The molecule has 0 bridgehead atoms. The van der Waals surface area contributed by atoms with E-state index in [1.807, 2.05) is 0 Å². The number of nitrogens with zero attached hydrogens (tertiary/aromatic N) is 4. The molecule has 0 radical (unpaired) electrons. The summed E-state index contributed by atoms with van der Waals surface area (Å²) >= 11 is 0. The summed E-state index contributed by atoms with van der Waals surface area (Å²) in [4.78, 5) is 23.7. The number of urea groups is 1. The number of nitrogens with one attached hydrogen (secondary N) is 2. The number of hydrogen-bond donors (Lipinski definition) is 3. The van der Waals surface area contributed by atoms with Gasteiger partial charge in [0.2, 0.25) is 0 Å². The summed E-state index contributed by atoms with van der Waals surface area (Å²) in [5.41, 5.74) is 1.20. The molecule has 0 saturated carbocycles. The fraction of sp³-hybridized carbons (Fsp3) is 0.182. The number of carbonyl (C=O) groups excluding carboxylic acids is 1. The number of aromatic carboxylic acids is 1. The maximum Gasteiger partial charge on any atom is 0.335 e. The predicted molar refractivity (Wildman–Crippen MR) is 69.6 cm³/mol. The summed E-state index contributed by atoms with van der Waals surface area (Å²) in [5, 5.41) is 24.8. The number of carboxylic acids is 1. The van der Waals surface area contributed by atoms with Gasteiger partial charge in [0.1, 0.15) is 0 Å². The summed E-state index contributed by atoms with van der Waals surface area (Å²) in [6.07, 6.45) is 0. The van der Waals surface area contributed by atoms with Crippen molar-refractivity contribution in [1.29, 1.82) is 0 Å². The Morgan fingerprint density at radius 3 is 2.60 bits per heavy atom. The second-order valence-electron chi connectivity index (χ2n) is 4.02. The number of rotatable bonds is 3. The molecule has 9 heteroatoms. The lowest BCUT2D eigenvalue weighted by molar-refractivity contribution is 0.0696. The van der Waals surface area contributed by atoms with E-state index in [-0.39, 0.29) is 11.5 Å². The summed E-state index contributed by atoms with van der Waals surface area (Å²) in [6.45, 7) is 1.65. The number of aryl methyl sites for hydroxylation is 2. The minimum Gasteiger partial charge on any atom is -0.478 e. The Bertz CT molecular complexity index is 666. The van der Waals surface area contributed by atoms with Crippen LogP contribution < -0.4 is 10.6 Å². The van der Waals surface area contributed by atoms with Crippen molar-refractivity contribution in [3.05, 3.63) is 29.3 Å². The van der Waals surface area contributed by atoms with Crippen LogP contribution in [0, 0.1) is 6.92 Å². The molecule has 20 heavy (non-hydrogen) atoms. The highest BCUT2D eigenvalue weighted by molar-refractivity contribution is 5.99. The maximum atomic E-state index is 11.7. The van der Waals surface area contributed by atoms with Crippen LogP contribution in [-0.4, -0.2) is 37.3 Å². The number of anilines is 2. The van der Waals surface area contributed by atoms with Gasteiger partial charge in [-0.2, -0.15) is 4.80 Å². The molecule has 9 nitrogen and oxygen atoms in total. The normalized spacial score (nSPS) is 10.1. The average molecular weight is 276 g/mol. The van der Waals surface area contributed by atoms with E-state index in [9.17, 15) is 9.59 Å². The number of aromatic nitrogens is 4. The molecule has 0 atom stereocenters. The molecule has 3 N–H and O–H groups in total. The van der Waals surface area contributed by atoms with Crippen LogP contribution in [0.1, 0.15) is 15.9 Å². The molecule has 0 unspecified atom stereocenters. The monoisotopic (exact) mass is 276 g/mol. The number of carbonyl (C=O) groups is 2. The summed E-state index contributed by atoms with van der Waals surface area (Å²) in [5.74, 6) is -0.939. The number of amides is 2. The third-order valence-corrected chi connectivity index (χ3v) is 2.45. The van der Waals surface area contributed by atoms with Crippen molar-refractivity contribution in [1.82, 2.24) is 20.2 Å². The van der Waals surface area contributed by atoms with E-state index in [1.165, 1.54) is 16.9 Å². The molecule has 2 amide bonds. The number of carboxylic acid groups (broad SMARTS) is 1. The van der Waals surface area contributed by atoms with Gasteiger partial charge in [-0.3, -0.25) is 5.32 Å². The Labute approximate surface area is 113 Å². The zero-order valence-electron chi connectivity index (χ0n) is 10.8. The van der Waals surface area contributed by atoms with Crippen LogP contribution in [0.25, 0.3) is 0 Å². The molecule has 2 rings (SSSR count). The van der Waals surface area contributed by atoms with E-state index in [4.69, 9.17) is 5.11 Å². The van der Waals surface area contributed by atoms with Crippen molar-refractivity contribution in [2.75, 3.05) is 10.6 Å². The van der Waals surface area contributed by atoms with Crippen molar-refractivity contribution >= 4 is 23.6 Å². The lowest BCUT2D eigenvalue weighted by Crippen LogP contribution is -2.20. The highest BCUT2D eigenvalue weighted by atomic mass is 16.4. The zero-order chi connectivity index (χ0) is 14.7. The first-order valence-electron chi connectivity index (χ1n) is 5.61. The standard InChI is InChI=1S/C11H12N6O3/c1-6-5-7(3-4-8(6)9(18)19)12-11(20)13-10-14-16-17(2)15-10/h3-5H,1-2H3,(H,18,19)(H2,12,13,15,20). The van der Waals surface area contributed by atoms with Gasteiger partial charge in [0.15, 0.2) is 0 Å². The van der Waals surface area contributed by atoms with Crippen LogP contribution in [-0.2, 0) is 7.05 Å². The van der Waals surface area contributed by atoms with Crippen LogP contribution >= 0.6 is 0 Å². The van der Waals surface area contributed by atoms with Crippen LogP contribution in [0.2, 0.25) is 0 Å². The molecule has 1 aromatic heterocycles. The van der Waals surface area contributed by atoms with E-state index in [0.29, 0.717) is 11.3 Å². The Hall–Kier alpha value is -2.97. The Balaban J connectivity index is 2.04. The third-order valence-electron chi connectivity index (χ3n) is 2.45. The highest BCUT2D eigenvalue weighted by Crippen LogP contribution is 2.15. The van der Waals surface area contributed by atoms with Gasteiger partial charge < -0.3 is 10.4 Å². The van der Waals surface area contributed by atoms with E-state index >= 15 is 0 Å². The van der Waals surface area contributed by atoms with Gasteiger partial charge in [-0.25, -0.2) is 9.59 Å². The van der Waals surface area contributed by atoms with E-state index in [2.05, 4.69) is 26.0 Å². The molecule has 0 saturated heterocycles. The lowest BCUT2D eigenvalue weighted by atomic mass is 10.1.